The van der Waals surface area contributed by atoms with Gasteiger partial charge in [0, 0.05) is 25.7 Å². The van der Waals surface area contributed by atoms with Crippen LogP contribution in [0.15, 0.2) is 34.9 Å². The molecule has 0 radical (unpaired) electrons. The summed E-state index contributed by atoms with van der Waals surface area (Å²) in [6.07, 6.45) is 2.50. The monoisotopic (exact) mass is 275 g/mol. The number of para-hydroxylation sites is 1. The van der Waals surface area contributed by atoms with Crippen LogP contribution in [0.5, 0.6) is 0 Å². The summed E-state index contributed by atoms with van der Waals surface area (Å²) in [4.78, 5) is 1.81. The van der Waals surface area contributed by atoms with E-state index < -0.39 is 0 Å². The molecule has 5 heteroatoms. The zero-order valence-corrected chi connectivity index (χ0v) is 11.5. The van der Waals surface area contributed by atoms with E-state index >= 15 is 0 Å². The third-order valence-electron chi connectivity index (χ3n) is 3.41. The Morgan fingerprint density at radius 3 is 2.95 bits per heavy atom. The van der Waals surface area contributed by atoms with Gasteiger partial charge in [0.2, 0.25) is 0 Å². The van der Waals surface area contributed by atoms with E-state index in [1.807, 2.05) is 24.1 Å². The molecule has 0 spiro atoms. The molecule has 4 nitrogen and oxygen atoms in total. The molecule has 1 aliphatic carbocycles. The lowest BCUT2D eigenvalue weighted by Crippen LogP contribution is -2.17. The lowest BCUT2D eigenvalue weighted by atomic mass is 10.2. The van der Waals surface area contributed by atoms with Gasteiger partial charge in [-0.2, -0.15) is 0 Å². The van der Waals surface area contributed by atoms with E-state index in [-0.39, 0.29) is 5.82 Å². The Kier molecular flexibility index (Phi) is 3.69. The average molecular weight is 275 g/mol. The first-order chi connectivity index (χ1) is 9.72. The van der Waals surface area contributed by atoms with Crippen LogP contribution in [0, 0.1) is 5.82 Å². The number of nitrogens with zero attached hydrogens (tertiary/aromatic N) is 2. The van der Waals surface area contributed by atoms with Gasteiger partial charge in [-0.1, -0.05) is 17.3 Å². The summed E-state index contributed by atoms with van der Waals surface area (Å²) in [7, 11) is 1.84. The summed E-state index contributed by atoms with van der Waals surface area (Å²) in [6.45, 7) is 1.23. The minimum Gasteiger partial charge on any atom is -0.365 e. The molecular formula is C15H18FN3O. The van der Waals surface area contributed by atoms with Gasteiger partial charge in [-0.15, -0.1) is 0 Å². The van der Waals surface area contributed by atoms with Crippen molar-refractivity contribution in [3.63, 3.8) is 0 Å². The lowest BCUT2D eigenvalue weighted by molar-refractivity contribution is 0.374. The number of halogens is 1. The van der Waals surface area contributed by atoms with Gasteiger partial charge in [0.05, 0.1) is 17.9 Å². The van der Waals surface area contributed by atoms with Crippen molar-refractivity contribution >= 4 is 5.69 Å². The van der Waals surface area contributed by atoms with Gasteiger partial charge in [0.1, 0.15) is 5.82 Å². The minimum absolute atomic E-state index is 0.231. The van der Waals surface area contributed by atoms with E-state index in [0.717, 1.165) is 18.0 Å². The van der Waals surface area contributed by atoms with Gasteiger partial charge >= 0.3 is 0 Å². The Balaban J connectivity index is 1.60. The Bertz CT molecular complexity index is 580. The standard InChI is InChI=1S/C15H18FN3O/c1-19(15-5-3-2-4-14(15)16)10-13-8-12(18-20-13)9-17-11-6-7-11/h2-5,8,11,17H,6-7,9-10H2,1H3. The fraction of sp³-hybridized carbons (Fsp3) is 0.400. The molecule has 1 aromatic carbocycles. The number of aromatic nitrogens is 1. The highest BCUT2D eigenvalue weighted by molar-refractivity contribution is 5.46. The van der Waals surface area contributed by atoms with Crippen LogP contribution in [0.2, 0.25) is 0 Å². The number of nitrogens with one attached hydrogen (secondary N) is 1. The quantitative estimate of drug-likeness (QED) is 0.880. The molecule has 20 heavy (non-hydrogen) atoms. The summed E-state index contributed by atoms with van der Waals surface area (Å²) in [5.74, 6) is 0.508. The zero-order valence-electron chi connectivity index (χ0n) is 11.5. The molecule has 1 saturated carbocycles. The SMILES string of the molecule is CN(Cc1cc(CNC2CC2)no1)c1ccccc1F. The van der Waals surface area contributed by atoms with Crippen molar-refractivity contribution in [3.05, 3.63) is 47.6 Å². The molecule has 0 bridgehead atoms. The third kappa shape index (κ3) is 3.17. The zero-order chi connectivity index (χ0) is 13.9. The van der Waals surface area contributed by atoms with Crippen LogP contribution in [0.1, 0.15) is 24.3 Å². The molecule has 0 saturated heterocycles. The highest BCUT2D eigenvalue weighted by Crippen LogP contribution is 2.21. The smallest absolute Gasteiger partial charge is 0.156 e. The number of rotatable bonds is 6. The van der Waals surface area contributed by atoms with E-state index in [4.69, 9.17) is 4.52 Å². The molecule has 1 fully saturated rings. The van der Waals surface area contributed by atoms with Crippen LogP contribution in [-0.4, -0.2) is 18.2 Å². The second kappa shape index (κ2) is 5.63. The van der Waals surface area contributed by atoms with Crippen LogP contribution in [0.25, 0.3) is 0 Å². The summed E-state index contributed by atoms with van der Waals surface area (Å²) >= 11 is 0. The molecule has 0 aliphatic heterocycles. The largest absolute Gasteiger partial charge is 0.365 e. The Morgan fingerprint density at radius 2 is 2.20 bits per heavy atom. The molecule has 1 aliphatic rings. The predicted octanol–water partition coefficient (Wildman–Crippen LogP) is 2.70. The molecule has 0 amide bonds. The van der Waals surface area contributed by atoms with Crippen molar-refractivity contribution in [2.75, 3.05) is 11.9 Å². The molecule has 1 heterocycles. The number of hydrogen-bond acceptors (Lipinski definition) is 4. The number of anilines is 1. The molecule has 106 valence electrons. The highest BCUT2D eigenvalue weighted by Gasteiger charge is 2.20. The van der Waals surface area contributed by atoms with E-state index in [2.05, 4.69) is 10.5 Å². The van der Waals surface area contributed by atoms with Gasteiger partial charge in [0.25, 0.3) is 0 Å². The Hall–Kier alpha value is -1.88. The first-order valence-corrected chi connectivity index (χ1v) is 6.86. The Morgan fingerprint density at radius 1 is 1.40 bits per heavy atom. The average Bonchev–Trinajstić information content (AvgIpc) is 3.17. The molecule has 3 rings (SSSR count). The van der Waals surface area contributed by atoms with Crippen LogP contribution in [0.3, 0.4) is 0 Å². The predicted molar refractivity (Wildman–Crippen MR) is 74.9 cm³/mol. The summed E-state index contributed by atoms with van der Waals surface area (Å²) in [5.41, 5.74) is 1.45. The maximum Gasteiger partial charge on any atom is 0.156 e. The van der Waals surface area contributed by atoms with Gasteiger partial charge in [-0.05, 0) is 25.0 Å². The summed E-state index contributed by atoms with van der Waals surface area (Å²) in [6, 6.07) is 9.28. The Labute approximate surface area is 117 Å². The summed E-state index contributed by atoms with van der Waals surface area (Å²) in [5, 5.41) is 7.41. The first-order valence-electron chi connectivity index (χ1n) is 6.86. The first kappa shape index (κ1) is 13.1. The highest BCUT2D eigenvalue weighted by atomic mass is 19.1. The number of benzene rings is 1. The van der Waals surface area contributed by atoms with E-state index in [1.165, 1.54) is 18.9 Å². The fourth-order valence-electron chi connectivity index (χ4n) is 2.13. The van der Waals surface area contributed by atoms with Crippen molar-refractivity contribution in [1.82, 2.24) is 10.5 Å². The summed E-state index contributed by atoms with van der Waals surface area (Å²) < 4.78 is 19.0. The van der Waals surface area contributed by atoms with E-state index in [9.17, 15) is 4.39 Å². The van der Waals surface area contributed by atoms with Crippen molar-refractivity contribution in [1.29, 1.82) is 0 Å². The van der Waals surface area contributed by atoms with Gasteiger partial charge < -0.3 is 14.7 Å². The fourth-order valence-corrected chi connectivity index (χ4v) is 2.13. The van der Waals surface area contributed by atoms with Gasteiger partial charge in [-0.3, -0.25) is 0 Å². The van der Waals surface area contributed by atoms with Crippen molar-refractivity contribution in [3.8, 4) is 0 Å². The maximum atomic E-state index is 13.7. The lowest BCUT2D eigenvalue weighted by Gasteiger charge is -2.17. The number of hydrogen-bond donors (Lipinski definition) is 1. The molecule has 1 aromatic heterocycles. The molecular weight excluding hydrogens is 257 g/mol. The maximum absolute atomic E-state index is 13.7. The van der Waals surface area contributed by atoms with Crippen LogP contribution >= 0.6 is 0 Å². The topological polar surface area (TPSA) is 41.3 Å². The molecule has 0 atom stereocenters. The minimum atomic E-state index is -0.231. The van der Waals surface area contributed by atoms with Crippen LogP contribution < -0.4 is 10.2 Å². The van der Waals surface area contributed by atoms with Gasteiger partial charge in [0.15, 0.2) is 5.76 Å². The normalized spacial score (nSPS) is 14.5. The molecule has 1 N–H and O–H groups in total. The van der Waals surface area contributed by atoms with Crippen LogP contribution in [0.4, 0.5) is 10.1 Å². The van der Waals surface area contributed by atoms with Crippen molar-refractivity contribution in [2.45, 2.75) is 32.0 Å². The van der Waals surface area contributed by atoms with Crippen molar-refractivity contribution < 1.29 is 8.91 Å². The van der Waals surface area contributed by atoms with E-state index in [0.29, 0.717) is 18.3 Å². The molecule has 0 unspecified atom stereocenters. The van der Waals surface area contributed by atoms with Crippen molar-refractivity contribution in [2.24, 2.45) is 0 Å². The van der Waals surface area contributed by atoms with E-state index in [1.54, 1.807) is 12.1 Å². The second-order valence-electron chi connectivity index (χ2n) is 5.25. The molecule has 2 aromatic rings. The van der Waals surface area contributed by atoms with Crippen LogP contribution in [-0.2, 0) is 13.1 Å². The third-order valence-corrected chi connectivity index (χ3v) is 3.41. The second-order valence-corrected chi connectivity index (χ2v) is 5.25. The van der Waals surface area contributed by atoms with Gasteiger partial charge in [-0.25, -0.2) is 4.39 Å².